The van der Waals surface area contributed by atoms with Gasteiger partial charge in [0.25, 0.3) is 0 Å². The maximum atomic E-state index is 9.49. The SMILES string of the molecule is COC[C@H]1CCCN1c1cc(C)nc2cc(CO)c(C)cc12.Cl. The standard InChI is InChI=1S/C18H24N2O2.ClH/c1-12-7-16-17(9-14(12)10-21)19-13(2)8-18(16)20-6-4-5-15(20)11-22-3;/h7-9,15,21H,4-6,10-11H2,1-3H3;1H/t15-;/m1./s1. The zero-order valence-corrected chi connectivity index (χ0v) is 14.8. The van der Waals surface area contributed by atoms with Crippen LogP contribution >= 0.6 is 12.4 Å². The van der Waals surface area contributed by atoms with Crippen molar-refractivity contribution < 1.29 is 9.84 Å². The fourth-order valence-electron chi connectivity index (χ4n) is 3.46. The van der Waals surface area contributed by atoms with Gasteiger partial charge in [-0.25, -0.2) is 0 Å². The molecule has 1 aliphatic heterocycles. The zero-order chi connectivity index (χ0) is 15.7. The van der Waals surface area contributed by atoms with Crippen LogP contribution in [0.15, 0.2) is 18.2 Å². The van der Waals surface area contributed by atoms with E-state index in [1.807, 2.05) is 19.9 Å². The van der Waals surface area contributed by atoms with Crippen molar-refractivity contribution in [2.24, 2.45) is 0 Å². The fraction of sp³-hybridized carbons (Fsp3) is 0.500. The molecule has 1 N–H and O–H groups in total. The van der Waals surface area contributed by atoms with Gasteiger partial charge in [-0.05, 0) is 56.0 Å². The lowest BCUT2D eigenvalue weighted by molar-refractivity contribution is 0.181. The topological polar surface area (TPSA) is 45.6 Å². The second-order valence-electron chi connectivity index (χ2n) is 6.18. The van der Waals surface area contributed by atoms with Gasteiger partial charge >= 0.3 is 0 Å². The molecule has 0 unspecified atom stereocenters. The van der Waals surface area contributed by atoms with Crippen molar-refractivity contribution in [3.8, 4) is 0 Å². The number of rotatable bonds is 4. The molecule has 3 rings (SSSR count). The number of ether oxygens (including phenoxy) is 1. The molecular formula is C18H25ClN2O2. The molecule has 126 valence electrons. The number of anilines is 1. The Kier molecular flexibility index (Phi) is 5.84. The highest BCUT2D eigenvalue weighted by Crippen LogP contribution is 2.33. The van der Waals surface area contributed by atoms with E-state index in [2.05, 4.69) is 22.0 Å². The van der Waals surface area contributed by atoms with Crippen LogP contribution in [0.3, 0.4) is 0 Å². The Morgan fingerprint density at radius 1 is 1.30 bits per heavy atom. The molecule has 1 aliphatic rings. The summed E-state index contributed by atoms with van der Waals surface area (Å²) >= 11 is 0. The largest absolute Gasteiger partial charge is 0.392 e. The maximum absolute atomic E-state index is 9.49. The minimum Gasteiger partial charge on any atom is -0.392 e. The first-order chi connectivity index (χ1) is 10.6. The van der Waals surface area contributed by atoms with E-state index >= 15 is 0 Å². The number of benzene rings is 1. The number of halogens is 1. The summed E-state index contributed by atoms with van der Waals surface area (Å²) in [5.74, 6) is 0. The number of aliphatic hydroxyl groups excluding tert-OH is 1. The van der Waals surface area contributed by atoms with Gasteiger partial charge < -0.3 is 14.7 Å². The molecule has 2 heterocycles. The molecule has 0 amide bonds. The second kappa shape index (κ2) is 7.47. The molecule has 5 heteroatoms. The lowest BCUT2D eigenvalue weighted by Crippen LogP contribution is -2.33. The van der Waals surface area contributed by atoms with E-state index in [9.17, 15) is 5.11 Å². The first-order valence-corrected chi connectivity index (χ1v) is 7.91. The van der Waals surface area contributed by atoms with E-state index in [0.717, 1.165) is 35.5 Å². The van der Waals surface area contributed by atoms with Gasteiger partial charge in [0, 0.05) is 30.4 Å². The van der Waals surface area contributed by atoms with Gasteiger partial charge in [-0.3, -0.25) is 4.98 Å². The van der Waals surface area contributed by atoms with Gasteiger partial charge in [-0.15, -0.1) is 12.4 Å². The lowest BCUT2D eigenvalue weighted by Gasteiger charge is -2.28. The van der Waals surface area contributed by atoms with Crippen LogP contribution < -0.4 is 4.90 Å². The molecule has 1 saturated heterocycles. The molecule has 23 heavy (non-hydrogen) atoms. The summed E-state index contributed by atoms with van der Waals surface area (Å²) in [6.45, 7) is 5.96. The monoisotopic (exact) mass is 336 g/mol. The van der Waals surface area contributed by atoms with Crippen molar-refractivity contribution in [1.29, 1.82) is 0 Å². The minimum absolute atomic E-state index is 0. The number of aliphatic hydroxyl groups is 1. The predicted octanol–water partition coefficient (Wildman–Crippen LogP) is 3.38. The summed E-state index contributed by atoms with van der Waals surface area (Å²) < 4.78 is 5.39. The van der Waals surface area contributed by atoms with Gasteiger partial charge in [0.15, 0.2) is 0 Å². The van der Waals surface area contributed by atoms with E-state index < -0.39 is 0 Å². The fourth-order valence-corrected chi connectivity index (χ4v) is 3.46. The van der Waals surface area contributed by atoms with Crippen molar-refractivity contribution in [2.75, 3.05) is 25.2 Å². The summed E-state index contributed by atoms with van der Waals surface area (Å²) in [5.41, 5.74) is 5.29. The van der Waals surface area contributed by atoms with Crippen LogP contribution in [-0.2, 0) is 11.3 Å². The molecule has 1 fully saturated rings. The molecule has 0 spiro atoms. The van der Waals surface area contributed by atoms with Gasteiger partial charge in [0.1, 0.15) is 0 Å². The van der Waals surface area contributed by atoms with Crippen LogP contribution in [0.25, 0.3) is 10.9 Å². The first kappa shape index (κ1) is 18.0. The second-order valence-corrected chi connectivity index (χ2v) is 6.18. The highest BCUT2D eigenvalue weighted by Gasteiger charge is 2.26. The molecule has 1 atom stereocenters. The highest BCUT2D eigenvalue weighted by molar-refractivity contribution is 5.93. The Hall–Kier alpha value is -1.36. The molecule has 0 radical (unpaired) electrons. The van der Waals surface area contributed by atoms with E-state index in [1.165, 1.54) is 23.9 Å². The third kappa shape index (κ3) is 3.44. The number of nitrogens with zero attached hydrogens (tertiary/aromatic N) is 2. The average molecular weight is 337 g/mol. The molecule has 4 nitrogen and oxygen atoms in total. The summed E-state index contributed by atoms with van der Waals surface area (Å²) in [4.78, 5) is 7.12. The van der Waals surface area contributed by atoms with Gasteiger partial charge in [-0.2, -0.15) is 0 Å². The van der Waals surface area contributed by atoms with Crippen LogP contribution in [0.1, 0.15) is 29.7 Å². The van der Waals surface area contributed by atoms with Crippen molar-refractivity contribution in [2.45, 2.75) is 39.3 Å². The molecule has 2 aromatic rings. The number of hydrogen-bond donors (Lipinski definition) is 1. The lowest BCUT2D eigenvalue weighted by atomic mass is 10.0. The van der Waals surface area contributed by atoms with E-state index in [0.29, 0.717) is 6.04 Å². The average Bonchev–Trinajstić information content (AvgIpc) is 2.95. The number of fused-ring (bicyclic) bond motifs is 1. The normalized spacial score (nSPS) is 17.6. The van der Waals surface area contributed by atoms with Gasteiger partial charge in [0.2, 0.25) is 0 Å². The number of aromatic nitrogens is 1. The maximum Gasteiger partial charge on any atom is 0.0729 e. The number of aryl methyl sites for hydroxylation is 2. The number of pyridine rings is 1. The smallest absolute Gasteiger partial charge is 0.0729 e. The van der Waals surface area contributed by atoms with Crippen molar-refractivity contribution >= 4 is 29.0 Å². The van der Waals surface area contributed by atoms with Crippen LogP contribution in [0.4, 0.5) is 5.69 Å². The van der Waals surface area contributed by atoms with E-state index in [4.69, 9.17) is 4.74 Å². The van der Waals surface area contributed by atoms with Crippen LogP contribution in [0.5, 0.6) is 0 Å². The van der Waals surface area contributed by atoms with Crippen LogP contribution in [-0.4, -0.2) is 36.4 Å². The Morgan fingerprint density at radius 3 is 2.78 bits per heavy atom. The molecule has 1 aromatic heterocycles. The summed E-state index contributed by atoms with van der Waals surface area (Å²) in [6.07, 6.45) is 2.37. The Bertz CT molecular complexity index is 690. The molecule has 0 saturated carbocycles. The first-order valence-electron chi connectivity index (χ1n) is 7.91. The summed E-state index contributed by atoms with van der Waals surface area (Å²) in [7, 11) is 1.77. The number of methoxy groups -OCH3 is 1. The van der Waals surface area contributed by atoms with Crippen molar-refractivity contribution in [3.05, 3.63) is 35.0 Å². The van der Waals surface area contributed by atoms with E-state index in [-0.39, 0.29) is 19.0 Å². The van der Waals surface area contributed by atoms with Crippen LogP contribution in [0, 0.1) is 13.8 Å². The minimum atomic E-state index is 0. The predicted molar refractivity (Wildman–Crippen MR) is 96.6 cm³/mol. The van der Waals surface area contributed by atoms with Crippen LogP contribution in [0.2, 0.25) is 0 Å². The Balaban J connectivity index is 0.00000192. The van der Waals surface area contributed by atoms with E-state index in [1.54, 1.807) is 7.11 Å². The third-order valence-electron chi connectivity index (χ3n) is 4.59. The Labute approximate surface area is 143 Å². The Morgan fingerprint density at radius 2 is 2.09 bits per heavy atom. The molecule has 0 bridgehead atoms. The van der Waals surface area contributed by atoms with Crippen molar-refractivity contribution in [1.82, 2.24) is 4.98 Å². The summed E-state index contributed by atoms with van der Waals surface area (Å²) in [6, 6.07) is 6.79. The quantitative estimate of drug-likeness (QED) is 0.929. The van der Waals surface area contributed by atoms with Gasteiger partial charge in [0.05, 0.1) is 24.8 Å². The molecule has 1 aromatic carbocycles. The zero-order valence-electron chi connectivity index (χ0n) is 14.0. The highest BCUT2D eigenvalue weighted by atomic mass is 35.5. The third-order valence-corrected chi connectivity index (χ3v) is 4.59. The van der Waals surface area contributed by atoms with Gasteiger partial charge in [-0.1, -0.05) is 0 Å². The van der Waals surface area contributed by atoms with Crippen molar-refractivity contribution in [3.63, 3.8) is 0 Å². The molecular weight excluding hydrogens is 312 g/mol. The number of hydrogen-bond acceptors (Lipinski definition) is 4. The molecule has 0 aliphatic carbocycles. The summed E-state index contributed by atoms with van der Waals surface area (Å²) in [5, 5.41) is 10.7.